The number of nitrogens with zero attached hydrogens (tertiary/aromatic N) is 3. The summed E-state index contributed by atoms with van der Waals surface area (Å²) in [5.74, 6) is -1.38. The average Bonchev–Trinajstić information content (AvgIpc) is 3.49. The molecule has 2 fully saturated rings. The van der Waals surface area contributed by atoms with E-state index in [9.17, 15) is 14.4 Å². The van der Waals surface area contributed by atoms with Crippen LogP contribution >= 0.6 is 15.9 Å². The lowest BCUT2D eigenvalue weighted by Crippen LogP contribution is -2.51. The summed E-state index contributed by atoms with van der Waals surface area (Å²) < 4.78 is 2.30. The predicted molar refractivity (Wildman–Crippen MR) is 143 cm³/mol. The highest BCUT2D eigenvalue weighted by atomic mass is 79.9. The molecule has 1 N–H and O–H groups in total. The van der Waals surface area contributed by atoms with Crippen molar-refractivity contribution >= 4 is 44.3 Å². The van der Waals surface area contributed by atoms with Gasteiger partial charge in [0.05, 0.1) is 34.1 Å². The van der Waals surface area contributed by atoms with Crippen LogP contribution in [0.3, 0.4) is 0 Å². The van der Waals surface area contributed by atoms with Crippen molar-refractivity contribution in [3.8, 4) is 5.69 Å². The van der Waals surface area contributed by atoms with Gasteiger partial charge in [-0.1, -0.05) is 56.3 Å². The molecule has 37 heavy (non-hydrogen) atoms. The fraction of sp³-hybridized carbons (Fsp3) is 0.241. The standard InChI is InChI=1S/C29H23BrN4O3/c1-15(2)24-22-23(27(37)33(26(22)36)21-14-8-5-11-18(21)30)29(32-24)17-10-4-7-13-20(17)34-25(35)16-9-3-6-12-19(16)31-28(29)34/h3-15,22-24,32H,1-2H3/t22-,23-,24?,29?/m1/s1. The summed E-state index contributed by atoms with van der Waals surface area (Å²) in [6.07, 6.45) is 0. The molecule has 0 aliphatic carbocycles. The first-order valence-electron chi connectivity index (χ1n) is 12.4. The highest BCUT2D eigenvalue weighted by molar-refractivity contribution is 9.10. The first kappa shape index (κ1) is 22.6. The molecule has 3 aliphatic rings. The Labute approximate surface area is 221 Å². The highest BCUT2D eigenvalue weighted by Crippen LogP contribution is 2.56. The van der Waals surface area contributed by atoms with Gasteiger partial charge in [-0.15, -0.1) is 0 Å². The van der Waals surface area contributed by atoms with Crippen LogP contribution in [-0.4, -0.2) is 27.4 Å². The van der Waals surface area contributed by atoms with Crippen LogP contribution in [0, 0.1) is 17.8 Å². The van der Waals surface area contributed by atoms with E-state index in [4.69, 9.17) is 4.98 Å². The van der Waals surface area contributed by atoms with E-state index < -0.39 is 17.4 Å². The smallest absolute Gasteiger partial charge is 0.266 e. The fourth-order valence-corrected chi connectivity index (χ4v) is 7.06. The molecule has 0 bridgehead atoms. The Balaban J connectivity index is 1.55. The molecule has 4 heterocycles. The molecule has 0 radical (unpaired) electrons. The average molecular weight is 555 g/mol. The third-order valence-corrected chi connectivity index (χ3v) is 8.78. The predicted octanol–water partition coefficient (Wildman–Crippen LogP) is 4.14. The minimum Gasteiger partial charge on any atom is -0.296 e. The van der Waals surface area contributed by atoms with E-state index >= 15 is 0 Å². The van der Waals surface area contributed by atoms with Crippen LogP contribution in [0.15, 0.2) is 82.1 Å². The molecule has 4 atom stereocenters. The summed E-state index contributed by atoms with van der Waals surface area (Å²) in [6, 6.07) is 21.8. The second-order valence-corrected chi connectivity index (χ2v) is 11.2. The molecule has 2 saturated heterocycles. The van der Waals surface area contributed by atoms with Crippen molar-refractivity contribution in [2.45, 2.75) is 25.4 Å². The Kier molecular flexibility index (Phi) is 4.69. The lowest BCUT2D eigenvalue weighted by molar-refractivity contribution is -0.123. The molecule has 184 valence electrons. The molecule has 4 aromatic rings. The molecule has 3 aliphatic heterocycles. The number of carbonyl (C=O) groups is 2. The second-order valence-electron chi connectivity index (χ2n) is 10.3. The molecule has 0 saturated carbocycles. The van der Waals surface area contributed by atoms with Crippen molar-refractivity contribution in [3.05, 3.63) is 99.0 Å². The van der Waals surface area contributed by atoms with Crippen LogP contribution in [0.25, 0.3) is 16.6 Å². The Hall–Kier alpha value is -3.62. The van der Waals surface area contributed by atoms with Gasteiger partial charge >= 0.3 is 0 Å². The van der Waals surface area contributed by atoms with E-state index in [1.807, 2.05) is 74.5 Å². The van der Waals surface area contributed by atoms with Gasteiger partial charge in [-0.25, -0.2) is 9.88 Å². The number of hydrogen-bond donors (Lipinski definition) is 1. The van der Waals surface area contributed by atoms with Gasteiger partial charge in [0, 0.05) is 16.1 Å². The molecule has 1 spiro atoms. The van der Waals surface area contributed by atoms with Crippen LogP contribution < -0.4 is 15.8 Å². The first-order valence-corrected chi connectivity index (χ1v) is 13.2. The van der Waals surface area contributed by atoms with Crippen molar-refractivity contribution < 1.29 is 9.59 Å². The number of nitrogens with one attached hydrogen (secondary N) is 1. The summed E-state index contributed by atoms with van der Waals surface area (Å²) in [7, 11) is 0. The van der Waals surface area contributed by atoms with Gasteiger partial charge in [0.1, 0.15) is 11.4 Å². The first-order chi connectivity index (χ1) is 17.9. The number of carbonyl (C=O) groups excluding carboxylic acids is 2. The lowest BCUT2D eigenvalue weighted by atomic mass is 9.75. The maximum Gasteiger partial charge on any atom is 0.266 e. The second kappa shape index (κ2) is 7.69. The highest BCUT2D eigenvalue weighted by Gasteiger charge is 2.70. The van der Waals surface area contributed by atoms with Gasteiger partial charge in [0.15, 0.2) is 0 Å². The number of fused-ring (bicyclic) bond motifs is 8. The van der Waals surface area contributed by atoms with Crippen molar-refractivity contribution in [2.24, 2.45) is 17.8 Å². The van der Waals surface area contributed by atoms with E-state index in [0.29, 0.717) is 32.6 Å². The summed E-state index contributed by atoms with van der Waals surface area (Å²) in [5, 5.41) is 4.23. The Bertz CT molecular complexity index is 1710. The Morgan fingerprint density at radius 2 is 1.57 bits per heavy atom. The van der Waals surface area contributed by atoms with E-state index in [2.05, 4.69) is 21.2 Å². The van der Waals surface area contributed by atoms with E-state index in [1.165, 1.54) is 4.90 Å². The van der Waals surface area contributed by atoms with Crippen molar-refractivity contribution in [3.63, 3.8) is 0 Å². The summed E-state index contributed by atoms with van der Waals surface area (Å²) >= 11 is 3.53. The number of hydrogen-bond acceptors (Lipinski definition) is 5. The minimum atomic E-state index is -1.12. The maximum absolute atomic E-state index is 14.4. The van der Waals surface area contributed by atoms with Gasteiger partial charge in [-0.05, 0) is 52.2 Å². The molecule has 7 rings (SSSR count). The number of benzene rings is 3. The molecule has 7 nitrogen and oxygen atoms in total. The molecule has 2 amide bonds. The van der Waals surface area contributed by atoms with Crippen molar-refractivity contribution in [1.29, 1.82) is 0 Å². The molecular formula is C29H23BrN4O3. The number of imide groups is 1. The quantitative estimate of drug-likeness (QED) is 0.376. The van der Waals surface area contributed by atoms with Gasteiger partial charge in [-0.2, -0.15) is 0 Å². The van der Waals surface area contributed by atoms with E-state index in [0.717, 1.165) is 5.56 Å². The number of halogens is 1. The monoisotopic (exact) mass is 554 g/mol. The number of para-hydroxylation sites is 3. The summed E-state index contributed by atoms with van der Waals surface area (Å²) in [5.41, 5.74) is 1.27. The maximum atomic E-state index is 14.4. The number of amides is 2. The van der Waals surface area contributed by atoms with Crippen LogP contribution in [0.4, 0.5) is 5.69 Å². The van der Waals surface area contributed by atoms with Gasteiger partial charge < -0.3 is 0 Å². The van der Waals surface area contributed by atoms with E-state index in [-0.39, 0.29) is 29.3 Å². The zero-order valence-electron chi connectivity index (χ0n) is 20.2. The summed E-state index contributed by atoms with van der Waals surface area (Å²) in [4.78, 5) is 48.6. The van der Waals surface area contributed by atoms with Gasteiger partial charge in [-0.3, -0.25) is 24.3 Å². The zero-order chi connectivity index (χ0) is 25.6. The molecule has 8 heteroatoms. The normalized spacial score (nSPS) is 25.8. The van der Waals surface area contributed by atoms with Crippen LogP contribution in [0.2, 0.25) is 0 Å². The zero-order valence-corrected chi connectivity index (χ0v) is 21.8. The number of rotatable bonds is 2. The minimum absolute atomic E-state index is 0.0520. The fourth-order valence-electron chi connectivity index (χ4n) is 6.59. The lowest BCUT2D eigenvalue weighted by Gasteiger charge is -2.32. The van der Waals surface area contributed by atoms with Gasteiger partial charge in [0.25, 0.3) is 5.56 Å². The SMILES string of the molecule is CC(C)C1NC2(c3ccccc3-n3c2nc2ccccc2c3=O)[C@H]2C(=O)N(c3ccccc3Br)C(=O)[C@@H]12. The summed E-state index contributed by atoms with van der Waals surface area (Å²) in [6.45, 7) is 4.10. The third kappa shape index (κ3) is 2.74. The van der Waals surface area contributed by atoms with Crippen molar-refractivity contribution in [2.75, 3.05) is 4.90 Å². The molecule has 3 aromatic carbocycles. The van der Waals surface area contributed by atoms with E-state index in [1.54, 1.807) is 16.7 Å². The Morgan fingerprint density at radius 1 is 0.892 bits per heavy atom. The van der Waals surface area contributed by atoms with Crippen molar-refractivity contribution in [1.82, 2.24) is 14.9 Å². The molecule has 2 unspecified atom stereocenters. The Morgan fingerprint density at radius 3 is 2.32 bits per heavy atom. The number of anilines is 1. The molecular weight excluding hydrogens is 532 g/mol. The third-order valence-electron chi connectivity index (χ3n) is 8.11. The van der Waals surface area contributed by atoms with Gasteiger partial charge in [0.2, 0.25) is 11.8 Å². The number of aromatic nitrogens is 2. The molecule has 1 aromatic heterocycles. The van der Waals surface area contributed by atoms with Crippen LogP contribution in [-0.2, 0) is 15.1 Å². The van der Waals surface area contributed by atoms with Crippen LogP contribution in [0.1, 0.15) is 25.2 Å². The topological polar surface area (TPSA) is 84.3 Å². The largest absolute Gasteiger partial charge is 0.296 e. The van der Waals surface area contributed by atoms with Crippen LogP contribution in [0.5, 0.6) is 0 Å².